The minimum atomic E-state index is -2.73. The zero-order valence-electron chi connectivity index (χ0n) is 23.9. The second kappa shape index (κ2) is 18.0. The fraction of sp³-hybridized carbons (Fsp3) is 0.333. The largest absolute Gasteiger partial charge is 0.491 e. The third kappa shape index (κ3) is 10.9. The molecule has 0 atom stereocenters. The number of hydrogen-bond acceptors (Lipinski definition) is 7. The van der Waals surface area contributed by atoms with E-state index >= 15 is 0 Å². The van der Waals surface area contributed by atoms with Gasteiger partial charge in [0.1, 0.15) is 29.6 Å². The van der Waals surface area contributed by atoms with Crippen molar-refractivity contribution in [2.45, 2.75) is 33.1 Å². The van der Waals surface area contributed by atoms with Crippen LogP contribution in [0.1, 0.15) is 40.5 Å². The summed E-state index contributed by atoms with van der Waals surface area (Å²) in [5.74, 6) is -0.327. The highest BCUT2D eigenvalue weighted by Crippen LogP contribution is 2.32. The molecule has 1 heterocycles. The molecule has 0 aliphatic rings. The van der Waals surface area contributed by atoms with Crippen molar-refractivity contribution in [3.63, 3.8) is 0 Å². The number of anilines is 1. The summed E-state index contributed by atoms with van der Waals surface area (Å²) in [6.45, 7) is 3.15. The number of ether oxygens (including phenoxy) is 2. The van der Waals surface area contributed by atoms with Crippen LogP contribution in [0.4, 0.5) is 23.2 Å². The van der Waals surface area contributed by atoms with Gasteiger partial charge in [0.15, 0.2) is 0 Å². The smallest absolute Gasteiger partial charge is 0.272 e. The number of nitrogen functional groups attached to an aromatic ring is 1. The number of aromatic nitrogens is 1. The van der Waals surface area contributed by atoms with Gasteiger partial charge in [-0.05, 0) is 68.3 Å². The molecule has 9 nitrogen and oxygen atoms in total. The van der Waals surface area contributed by atoms with Crippen molar-refractivity contribution in [1.29, 1.82) is 0 Å². The lowest BCUT2D eigenvalue weighted by Gasteiger charge is -2.15. The number of nitrogens with two attached hydrogens (primary N) is 2. The normalized spacial score (nSPS) is 10.8. The van der Waals surface area contributed by atoms with Crippen molar-refractivity contribution in [1.82, 2.24) is 10.3 Å². The number of alkyl halides is 3. The van der Waals surface area contributed by atoms with Crippen molar-refractivity contribution in [2.24, 2.45) is 10.7 Å². The summed E-state index contributed by atoms with van der Waals surface area (Å²) < 4.78 is 62.2. The Labute approximate surface area is 247 Å². The summed E-state index contributed by atoms with van der Waals surface area (Å²) >= 11 is 0. The molecule has 0 aliphatic heterocycles. The first-order chi connectivity index (χ1) is 20.6. The molecule has 0 spiro atoms. The number of aryl methyl sites for hydroxylation is 1. The number of aliphatic imine (C=N–C) groups is 1. The third-order valence-electron chi connectivity index (χ3n) is 5.74. The van der Waals surface area contributed by atoms with E-state index in [0.29, 0.717) is 41.3 Å². The molecule has 0 radical (unpaired) electrons. The minimum absolute atomic E-state index is 0.0450. The Hall–Kier alpha value is -4.68. The number of carbonyl (C=O) groups excluding carboxylic acids is 2. The molecule has 43 heavy (non-hydrogen) atoms. The van der Waals surface area contributed by atoms with Gasteiger partial charge in [0.25, 0.3) is 12.3 Å². The fourth-order valence-corrected chi connectivity index (χ4v) is 3.87. The summed E-state index contributed by atoms with van der Waals surface area (Å²) in [5.41, 5.74) is 13.5. The van der Waals surface area contributed by atoms with E-state index in [1.807, 2.05) is 19.9 Å². The van der Waals surface area contributed by atoms with E-state index in [9.17, 15) is 22.4 Å². The Kier molecular flexibility index (Phi) is 14.4. The second-order valence-corrected chi connectivity index (χ2v) is 8.95. The van der Waals surface area contributed by atoms with Crippen LogP contribution in [0.2, 0.25) is 0 Å². The lowest BCUT2D eigenvalue weighted by atomic mass is 10.1. The first-order valence-electron chi connectivity index (χ1n) is 13.4. The number of nitrogens with one attached hydrogen (secondary N) is 1. The molecule has 0 unspecified atom stereocenters. The molecule has 0 saturated heterocycles. The van der Waals surface area contributed by atoms with E-state index in [1.54, 1.807) is 12.1 Å². The zero-order valence-corrected chi connectivity index (χ0v) is 23.9. The molecular formula is C30H35F4N5O4. The van der Waals surface area contributed by atoms with E-state index in [0.717, 1.165) is 5.56 Å². The van der Waals surface area contributed by atoms with Crippen molar-refractivity contribution in [2.75, 3.05) is 38.7 Å². The lowest BCUT2D eigenvalue weighted by molar-refractivity contribution is -0.106. The number of benzene rings is 2. The van der Waals surface area contributed by atoms with E-state index in [-0.39, 0.29) is 48.7 Å². The molecular weight excluding hydrogens is 570 g/mol. The number of halogens is 4. The maximum absolute atomic E-state index is 13.5. The van der Waals surface area contributed by atoms with Crippen molar-refractivity contribution < 1.29 is 36.6 Å². The Bertz CT molecular complexity index is 1370. The molecule has 13 heteroatoms. The number of primary amides is 1. The molecule has 2 amide bonds. The lowest BCUT2D eigenvalue weighted by Crippen LogP contribution is -2.26. The molecule has 0 aliphatic carbocycles. The Morgan fingerprint density at radius 1 is 1.16 bits per heavy atom. The van der Waals surface area contributed by atoms with Crippen LogP contribution in [0, 0.1) is 12.7 Å². The van der Waals surface area contributed by atoms with Crippen molar-refractivity contribution in [3.05, 3.63) is 70.7 Å². The van der Waals surface area contributed by atoms with Crippen LogP contribution < -0.4 is 26.3 Å². The van der Waals surface area contributed by atoms with Gasteiger partial charge >= 0.3 is 0 Å². The van der Waals surface area contributed by atoms with Crippen LogP contribution in [-0.4, -0.2) is 62.9 Å². The average Bonchev–Trinajstić information content (AvgIpc) is 2.97. The van der Waals surface area contributed by atoms with Crippen LogP contribution in [-0.2, 0) is 11.2 Å². The summed E-state index contributed by atoms with van der Waals surface area (Å²) in [7, 11) is 0. The van der Waals surface area contributed by atoms with E-state index in [4.69, 9.17) is 25.0 Å². The van der Waals surface area contributed by atoms with E-state index in [1.165, 1.54) is 30.5 Å². The number of hydrogen-bond donors (Lipinski definition) is 3. The second-order valence-electron chi connectivity index (χ2n) is 8.95. The van der Waals surface area contributed by atoms with Crippen LogP contribution in [0.15, 0.2) is 47.5 Å². The Morgan fingerprint density at radius 2 is 1.86 bits per heavy atom. The summed E-state index contributed by atoms with van der Waals surface area (Å²) in [5, 5.41) is 2.79. The summed E-state index contributed by atoms with van der Waals surface area (Å²) in [6, 6.07) is 10.6. The van der Waals surface area contributed by atoms with Gasteiger partial charge in [0, 0.05) is 48.1 Å². The van der Waals surface area contributed by atoms with E-state index in [2.05, 4.69) is 16.0 Å². The number of pyridine rings is 1. The van der Waals surface area contributed by atoms with Gasteiger partial charge in [-0.25, -0.2) is 18.2 Å². The summed E-state index contributed by atoms with van der Waals surface area (Å²) in [4.78, 5) is 30.3. The van der Waals surface area contributed by atoms with Gasteiger partial charge < -0.3 is 26.3 Å². The first kappa shape index (κ1) is 34.5. The van der Waals surface area contributed by atoms with Gasteiger partial charge in [0.05, 0.1) is 19.0 Å². The number of nitrogens with zero attached hydrogens (tertiary/aromatic N) is 2. The first-order valence-corrected chi connectivity index (χ1v) is 13.4. The molecule has 0 saturated carbocycles. The van der Waals surface area contributed by atoms with Crippen molar-refractivity contribution in [3.8, 4) is 22.8 Å². The minimum Gasteiger partial charge on any atom is -0.491 e. The predicted molar refractivity (Wildman–Crippen MR) is 157 cm³/mol. The maximum Gasteiger partial charge on any atom is 0.272 e. The zero-order chi connectivity index (χ0) is 31.8. The van der Waals surface area contributed by atoms with Gasteiger partial charge in [-0.1, -0.05) is 0 Å². The maximum atomic E-state index is 13.5. The van der Waals surface area contributed by atoms with Gasteiger partial charge in [-0.3, -0.25) is 19.0 Å². The monoisotopic (exact) mass is 605 g/mol. The van der Waals surface area contributed by atoms with Crippen LogP contribution >= 0.6 is 0 Å². The van der Waals surface area contributed by atoms with Gasteiger partial charge in [-0.2, -0.15) is 0 Å². The molecule has 3 aromatic rings. The molecule has 1 aromatic heterocycles. The van der Waals surface area contributed by atoms with Crippen LogP contribution in [0.25, 0.3) is 11.3 Å². The van der Waals surface area contributed by atoms with Gasteiger partial charge in [-0.15, -0.1) is 0 Å². The molecule has 5 N–H and O–H groups in total. The highest BCUT2D eigenvalue weighted by Gasteiger charge is 2.17. The Balaban J connectivity index is 0.00000206. The number of carbonyl (C=O) groups is 2. The Morgan fingerprint density at radius 3 is 2.49 bits per heavy atom. The van der Waals surface area contributed by atoms with Crippen LogP contribution in [0.3, 0.4) is 0 Å². The molecule has 232 valence electrons. The molecule has 3 rings (SSSR count). The number of amides is 2. The highest BCUT2D eigenvalue weighted by atomic mass is 19.3. The summed E-state index contributed by atoms with van der Waals surface area (Å²) in [6.07, 6.45) is -0.536. The third-order valence-corrected chi connectivity index (χ3v) is 5.74. The van der Waals surface area contributed by atoms with Crippen molar-refractivity contribution >= 4 is 24.2 Å². The number of rotatable bonds is 14. The quantitative estimate of drug-likeness (QED) is 0.0802. The van der Waals surface area contributed by atoms with E-state index < -0.39 is 25.6 Å². The van der Waals surface area contributed by atoms with Gasteiger partial charge in [0.2, 0.25) is 6.41 Å². The predicted octanol–water partition coefficient (Wildman–Crippen LogP) is 4.67. The average molecular weight is 606 g/mol. The SMILES string of the molecule is CCOc1c(C)cc(CCNC(=O)c2cc(C=NCCCF)c(N)c(OCC(F)F)c2)nc1-c1ccc(F)cc1.NC=O. The molecule has 0 fully saturated rings. The molecule has 0 bridgehead atoms. The molecule has 2 aromatic carbocycles. The van der Waals surface area contributed by atoms with Crippen LogP contribution in [0.5, 0.6) is 11.5 Å². The topological polar surface area (TPSA) is 142 Å². The fourth-order valence-electron chi connectivity index (χ4n) is 3.87. The standard InChI is InChI=1S/C29H32F4N4O3.CH3NO/c1-3-39-28-18(2)13-23(37-27(28)19-5-7-22(31)8-6-19)9-12-36-29(38)20-14-21(16-35-11-4-10-30)26(34)24(15-20)40-17-25(32)33;2-1-3/h5-8,13-16,25H,3-4,9-12,17,34H2,1-2H3,(H,36,38);1H,(H2,2,3). The highest BCUT2D eigenvalue weighted by molar-refractivity contribution is 5.99.